The topological polar surface area (TPSA) is 76.2 Å². The highest BCUT2D eigenvalue weighted by Crippen LogP contribution is 2.39. The number of nitrogens with zero attached hydrogens (tertiary/aromatic N) is 3. The maximum Gasteiger partial charge on any atom is 0.302 e. The number of carbonyl (C=O) groups is 1. The van der Waals surface area contributed by atoms with Gasteiger partial charge in [0.1, 0.15) is 5.75 Å². The second-order valence-corrected chi connectivity index (χ2v) is 8.04. The Kier molecular flexibility index (Phi) is 5.79. The van der Waals surface area contributed by atoms with Crippen molar-refractivity contribution in [3.05, 3.63) is 49.8 Å². The van der Waals surface area contributed by atoms with Gasteiger partial charge >= 0.3 is 5.91 Å². The molecule has 6 nitrogen and oxygen atoms in total. The molecule has 9 heteroatoms. The first-order valence-corrected chi connectivity index (χ1v) is 9.74. The molecule has 26 heavy (non-hydrogen) atoms. The van der Waals surface area contributed by atoms with Crippen LogP contribution in [-0.4, -0.2) is 22.2 Å². The van der Waals surface area contributed by atoms with E-state index in [1.54, 1.807) is 23.7 Å². The van der Waals surface area contributed by atoms with Crippen molar-refractivity contribution in [1.82, 2.24) is 4.57 Å². The predicted octanol–water partition coefficient (Wildman–Crippen LogP) is 5.86. The first-order chi connectivity index (χ1) is 12.4. The average molecular weight is 546 g/mol. The summed E-state index contributed by atoms with van der Waals surface area (Å²) in [6.45, 7) is -0.265. The predicted molar refractivity (Wildman–Crippen MR) is 109 cm³/mol. The first-order valence-electron chi connectivity index (χ1n) is 7.36. The van der Waals surface area contributed by atoms with Crippen LogP contribution in [0.5, 0.6) is 11.6 Å². The van der Waals surface area contributed by atoms with Crippen LogP contribution in [0.4, 0.5) is 5.69 Å². The normalized spacial score (nSPS) is 11.4. The van der Waals surface area contributed by atoms with Crippen LogP contribution in [0.3, 0.4) is 0 Å². The second-order valence-electron chi connectivity index (χ2n) is 5.35. The molecule has 0 aliphatic rings. The summed E-state index contributed by atoms with van der Waals surface area (Å²) in [6, 6.07) is 10.9. The number of fused-ring (bicyclic) bond motifs is 1. The van der Waals surface area contributed by atoms with Gasteiger partial charge in [-0.2, -0.15) is 0 Å². The number of azo groups is 1. The van der Waals surface area contributed by atoms with Crippen LogP contribution in [0.2, 0.25) is 0 Å². The number of benzene rings is 2. The third-order valence-electron chi connectivity index (χ3n) is 3.61. The fourth-order valence-electron chi connectivity index (χ4n) is 2.35. The maximum absolute atomic E-state index is 12.0. The van der Waals surface area contributed by atoms with Gasteiger partial charge in [-0.1, -0.05) is 31.9 Å². The summed E-state index contributed by atoms with van der Waals surface area (Å²) in [6.07, 6.45) is 0. The Balaban J connectivity index is 1.77. The zero-order valence-electron chi connectivity index (χ0n) is 13.4. The molecule has 0 saturated carbocycles. The number of aryl methyl sites for hydroxylation is 1. The Bertz CT molecular complexity index is 1030. The lowest BCUT2D eigenvalue weighted by Gasteiger charge is -2.05. The Labute approximate surface area is 174 Å². The molecule has 0 unspecified atom stereocenters. The number of ether oxygens (including phenoxy) is 1. The van der Waals surface area contributed by atoms with Crippen LogP contribution in [0.25, 0.3) is 10.9 Å². The number of carbonyl (C=O) groups excluding carboxylic acids is 1. The standard InChI is InChI=1S/C17H12Br3N3O3/c1-23-13-4-2-9(18)6-11(13)16(17(23)25)22-21-15(24)8-26-14-5-3-10(19)7-12(14)20/h2-7,25H,8H2,1H3. The summed E-state index contributed by atoms with van der Waals surface area (Å²) < 4.78 is 9.46. The van der Waals surface area contributed by atoms with Crippen molar-refractivity contribution in [1.29, 1.82) is 0 Å². The van der Waals surface area contributed by atoms with Crippen molar-refractivity contribution in [2.75, 3.05) is 6.61 Å². The lowest BCUT2D eigenvalue weighted by Crippen LogP contribution is -2.08. The second kappa shape index (κ2) is 7.89. The molecule has 0 spiro atoms. The van der Waals surface area contributed by atoms with Crippen LogP contribution in [0.1, 0.15) is 0 Å². The number of halogens is 3. The van der Waals surface area contributed by atoms with E-state index >= 15 is 0 Å². The quantitative estimate of drug-likeness (QED) is 0.417. The molecule has 134 valence electrons. The number of hydrogen-bond acceptors (Lipinski definition) is 4. The van der Waals surface area contributed by atoms with Crippen molar-refractivity contribution < 1.29 is 14.6 Å². The van der Waals surface area contributed by atoms with Gasteiger partial charge in [0.25, 0.3) is 0 Å². The van der Waals surface area contributed by atoms with E-state index in [1.807, 2.05) is 24.3 Å². The molecular formula is C17H12Br3N3O3. The van der Waals surface area contributed by atoms with Crippen LogP contribution >= 0.6 is 47.8 Å². The summed E-state index contributed by atoms with van der Waals surface area (Å²) in [5.41, 5.74) is 1.02. The van der Waals surface area contributed by atoms with Gasteiger partial charge < -0.3 is 14.4 Å². The fourth-order valence-corrected chi connectivity index (χ4v) is 3.87. The summed E-state index contributed by atoms with van der Waals surface area (Å²) in [5.74, 6) is -0.105. The number of hydrogen-bond donors (Lipinski definition) is 1. The zero-order chi connectivity index (χ0) is 18.8. The maximum atomic E-state index is 12.0. The van der Waals surface area contributed by atoms with Crippen molar-refractivity contribution in [3.63, 3.8) is 0 Å². The molecule has 0 fully saturated rings. The van der Waals surface area contributed by atoms with E-state index in [-0.39, 0.29) is 18.2 Å². The highest BCUT2D eigenvalue weighted by molar-refractivity contribution is 9.11. The summed E-state index contributed by atoms with van der Waals surface area (Å²) in [7, 11) is 1.71. The molecular weight excluding hydrogens is 534 g/mol. The number of aromatic nitrogens is 1. The van der Waals surface area contributed by atoms with Crippen LogP contribution in [0.15, 0.2) is 60.0 Å². The summed E-state index contributed by atoms with van der Waals surface area (Å²) in [4.78, 5) is 12.0. The van der Waals surface area contributed by atoms with Crippen LogP contribution in [-0.2, 0) is 11.8 Å². The number of rotatable bonds is 4. The molecule has 0 saturated heterocycles. The third-order valence-corrected chi connectivity index (χ3v) is 5.22. The molecule has 1 amide bonds. The van der Waals surface area contributed by atoms with Gasteiger partial charge in [0.05, 0.1) is 9.99 Å². The summed E-state index contributed by atoms with van der Waals surface area (Å²) >= 11 is 10.1. The molecule has 2 aromatic carbocycles. The Hall–Kier alpha value is -1.71. The molecule has 1 aromatic heterocycles. The zero-order valence-corrected chi connectivity index (χ0v) is 18.2. The highest BCUT2D eigenvalue weighted by atomic mass is 79.9. The lowest BCUT2D eigenvalue weighted by molar-refractivity contribution is -0.120. The van der Waals surface area contributed by atoms with E-state index in [9.17, 15) is 9.90 Å². The van der Waals surface area contributed by atoms with Gasteiger partial charge in [-0.05, 0) is 52.3 Å². The van der Waals surface area contributed by atoms with E-state index in [0.717, 1.165) is 14.5 Å². The fraction of sp³-hybridized carbons (Fsp3) is 0.118. The van der Waals surface area contributed by atoms with Crippen LogP contribution in [0, 0.1) is 0 Å². The molecule has 0 aliphatic heterocycles. The number of amides is 1. The molecule has 1 heterocycles. The smallest absolute Gasteiger partial charge is 0.302 e. The molecule has 1 N–H and O–H groups in total. The van der Waals surface area contributed by atoms with E-state index in [1.165, 1.54) is 0 Å². The SMILES string of the molecule is Cn1c(O)c(N=NC(=O)COc2ccc(Br)cc2Br)c2cc(Br)ccc21. The Morgan fingerprint density at radius 2 is 1.85 bits per heavy atom. The molecule has 0 bridgehead atoms. The van der Waals surface area contributed by atoms with Gasteiger partial charge in [0, 0.05) is 21.4 Å². The molecule has 3 aromatic rings. The lowest BCUT2D eigenvalue weighted by atomic mass is 10.2. The van der Waals surface area contributed by atoms with Crippen LogP contribution < -0.4 is 4.74 Å². The minimum Gasteiger partial charge on any atom is -0.493 e. The molecule has 0 radical (unpaired) electrons. The van der Waals surface area contributed by atoms with Gasteiger partial charge in [0.15, 0.2) is 12.3 Å². The largest absolute Gasteiger partial charge is 0.493 e. The van der Waals surface area contributed by atoms with Crippen molar-refractivity contribution in [2.24, 2.45) is 17.3 Å². The van der Waals surface area contributed by atoms with E-state index < -0.39 is 5.91 Å². The van der Waals surface area contributed by atoms with Crippen molar-refractivity contribution >= 4 is 70.3 Å². The third kappa shape index (κ3) is 3.99. The highest BCUT2D eigenvalue weighted by Gasteiger charge is 2.15. The average Bonchev–Trinajstić information content (AvgIpc) is 2.82. The summed E-state index contributed by atoms with van der Waals surface area (Å²) in [5, 5.41) is 18.5. The minimum atomic E-state index is -0.564. The van der Waals surface area contributed by atoms with E-state index in [0.29, 0.717) is 15.6 Å². The van der Waals surface area contributed by atoms with Crippen molar-refractivity contribution in [2.45, 2.75) is 0 Å². The molecule has 0 aliphatic carbocycles. The Morgan fingerprint density at radius 1 is 1.15 bits per heavy atom. The van der Waals surface area contributed by atoms with E-state index in [2.05, 4.69) is 58.0 Å². The van der Waals surface area contributed by atoms with E-state index in [4.69, 9.17) is 4.74 Å². The first kappa shape index (κ1) is 19.1. The minimum absolute atomic E-state index is 0.0637. The van der Waals surface area contributed by atoms with Gasteiger partial charge in [-0.15, -0.1) is 10.2 Å². The van der Waals surface area contributed by atoms with Gasteiger partial charge in [-0.3, -0.25) is 4.79 Å². The monoisotopic (exact) mass is 543 g/mol. The molecule has 3 rings (SSSR count). The number of aromatic hydroxyl groups is 1. The molecule has 0 atom stereocenters. The van der Waals surface area contributed by atoms with Crippen molar-refractivity contribution in [3.8, 4) is 11.6 Å². The Morgan fingerprint density at radius 3 is 2.58 bits per heavy atom. The van der Waals surface area contributed by atoms with Gasteiger partial charge in [0.2, 0.25) is 5.88 Å². The van der Waals surface area contributed by atoms with Gasteiger partial charge in [-0.25, -0.2) is 0 Å².